The molecule has 11 rings (SSSR count). The SMILES string of the molecule is c1ccc(-c2ccc(-c3ccc(N(c4ccc(-c5ccccc5)cc4)c4ccc(-c5cccc6oc7ccc8c9ccccc9sc8c7c56)cc4)cc3)cc2)cc1. The van der Waals surface area contributed by atoms with Gasteiger partial charge in [0.15, 0.2) is 0 Å². The van der Waals surface area contributed by atoms with E-state index >= 15 is 0 Å². The van der Waals surface area contributed by atoms with Crippen molar-refractivity contribution in [2.24, 2.45) is 0 Å². The number of rotatable bonds is 7. The molecule has 9 aromatic carbocycles. The summed E-state index contributed by atoms with van der Waals surface area (Å²) in [6.45, 7) is 0. The molecule has 0 saturated heterocycles. The fourth-order valence-corrected chi connectivity index (χ4v) is 9.53. The Bertz CT molecular complexity index is 3180. The van der Waals surface area contributed by atoms with Gasteiger partial charge in [0.25, 0.3) is 0 Å². The average Bonchev–Trinajstić information content (AvgIpc) is 3.87. The highest BCUT2D eigenvalue weighted by molar-refractivity contribution is 7.26. The Morgan fingerprint density at radius 2 is 0.772 bits per heavy atom. The van der Waals surface area contributed by atoms with Crippen LogP contribution in [0.4, 0.5) is 17.1 Å². The van der Waals surface area contributed by atoms with E-state index in [9.17, 15) is 0 Å². The van der Waals surface area contributed by atoms with Crippen molar-refractivity contribution in [3.8, 4) is 44.5 Å². The molecule has 0 aliphatic rings. The highest BCUT2D eigenvalue weighted by Crippen LogP contribution is 2.46. The van der Waals surface area contributed by atoms with Crippen LogP contribution in [0.5, 0.6) is 0 Å². The predicted molar refractivity (Wildman–Crippen MR) is 243 cm³/mol. The molecule has 0 aliphatic heterocycles. The lowest BCUT2D eigenvalue weighted by Crippen LogP contribution is -2.09. The number of furan rings is 1. The number of nitrogens with zero attached hydrogens (tertiary/aromatic N) is 1. The van der Waals surface area contributed by atoms with Gasteiger partial charge in [-0.15, -0.1) is 11.3 Å². The molecule has 0 saturated carbocycles. The van der Waals surface area contributed by atoms with E-state index in [-0.39, 0.29) is 0 Å². The fraction of sp³-hybridized carbons (Fsp3) is 0. The maximum Gasteiger partial charge on any atom is 0.136 e. The van der Waals surface area contributed by atoms with Crippen molar-refractivity contribution in [3.63, 3.8) is 0 Å². The van der Waals surface area contributed by atoms with E-state index in [1.54, 1.807) is 0 Å². The normalized spacial score (nSPS) is 11.5. The average molecular weight is 746 g/mol. The van der Waals surface area contributed by atoms with Crippen LogP contribution >= 0.6 is 11.3 Å². The molecule has 0 amide bonds. The molecular formula is C54H35NOS. The minimum absolute atomic E-state index is 0.909. The number of hydrogen-bond acceptors (Lipinski definition) is 3. The summed E-state index contributed by atoms with van der Waals surface area (Å²) in [6, 6.07) is 76.2. The summed E-state index contributed by atoms with van der Waals surface area (Å²) in [6.07, 6.45) is 0. The molecule has 0 fully saturated rings. The van der Waals surface area contributed by atoms with Crippen molar-refractivity contribution in [2.75, 3.05) is 4.90 Å². The lowest BCUT2D eigenvalue weighted by atomic mass is 9.98. The standard InChI is InChI=1S/C54H35NOS/c1-3-10-36(11-4-1)38-18-20-39(21-19-38)41-24-30-44(31-25-41)55(43-28-22-40(23-29-43)37-12-5-2-6-13-37)45-32-26-42(27-33-45)46-15-9-16-49-52(46)53-50(56-49)35-34-48-47-14-7-8-17-51(47)57-54(48)53/h1-35H. The van der Waals surface area contributed by atoms with Crippen molar-refractivity contribution < 1.29 is 4.42 Å². The lowest BCUT2D eigenvalue weighted by Gasteiger charge is -2.26. The van der Waals surface area contributed by atoms with Gasteiger partial charge in [-0.2, -0.15) is 0 Å². The van der Waals surface area contributed by atoms with Crippen LogP contribution < -0.4 is 4.90 Å². The quantitative estimate of drug-likeness (QED) is 0.162. The first kappa shape index (κ1) is 33.2. The molecule has 268 valence electrons. The summed E-state index contributed by atoms with van der Waals surface area (Å²) in [4.78, 5) is 2.34. The summed E-state index contributed by atoms with van der Waals surface area (Å²) in [7, 11) is 0. The van der Waals surface area contributed by atoms with Crippen molar-refractivity contribution >= 4 is 70.5 Å². The van der Waals surface area contributed by atoms with Crippen molar-refractivity contribution in [1.82, 2.24) is 0 Å². The Morgan fingerprint density at radius 1 is 0.316 bits per heavy atom. The van der Waals surface area contributed by atoms with E-state index in [0.29, 0.717) is 0 Å². The van der Waals surface area contributed by atoms with Gasteiger partial charge in [0.05, 0.1) is 0 Å². The van der Waals surface area contributed by atoms with Crippen LogP contribution in [0.15, 0.2) is 217 Å². The van der Waals surface area contributed by atoms with Gasteiger partial charge in [0, 0.05) is 48.0 Å². The molecule has 0 N–H and O–H groups in total. The summed E-state index contributed by atoms with van der Waals surface area (Å²) < 4.78 is 9.07. The highest BCUT2D eigenvalue weighted by Gasteiger charge is 2.19. The van der Waals surface area contributed by atoms with Crippen LogP contribution in [-0.4, -0.2) is 0 Å². The molecule has 0 bridgehead atoms. The van der Waals surface area contributed by atoms with Gasteiger partial charge in [-0.25, -0.2) is 0 Å². The first-order valence-electron chi connectivity index (χ1n) is 19.3. The van der Waals surface area contributed by atoms with Gasteiger partial charge >= 0.3 is 0 Å². The summed E-state index contributed by atoms with van der Waals surface area (Å²) in [5, 5.41) is 4.93. The Hall–Kier alpha value is -7.20. The molecule has 0 spiro atoms. The molecule has 11 aromatic rings. The monoisotopic (exact) mass is 745 g/mol. The molecule has 0 aliphatic carbocycles. The number of anilines is 3. The maximum absolute atomic E-state index is 6.50. The zero-order chi connectivity index (χ0) is 37.7. The smallest absolute Gasteiger partial charge is 0.136 e. The minimum Gasteiger partial charge on any atom is -0.456 e. The second-order valence-electron chi connectivity index (χ2n) is 14.5. The zero-order valence-corrected chi connectivity index (χ0v) is 31.8. The third-order valence-corrected chi connectivity index (χ3v) is 12.3. The van der Waals surface area contributed by atoms with E-state index in [0.717, 1.165) is 39.2 Å². The third-order valence-electron chi connectivity index (χ3n) is 11.1. The molecule has 2 heterocycles. The Labute approximate surface area is 335 Å². The molecule has 3 heteroatoms. The topological polar surface area (TPSA) is 16.4 Å². The van der Waals surface area contributed by atoms with Crippen LogP contribution in [-0.2, 0) is 0 Å². The van der Waals surface area contributed by atoms with Crippen molar-refractivity contribution in [2.45, 2.75) is 0 Å². The Morgan fingerprint density at radius 3 is 1.33 bits per heavy atom. The van der Waals surface area contributed by atoms with Gasteiger partial charge in [0.2, 0.25) is 0 Å². The largest absolute Gasteiger partial charge is 0.456 e. The lowest BCUT2D eigenvalue weighted by molar-refractivity contribution is 0.669. The van der Waals surface area contributed by atoms with Crippen LogP contribution in [0.3, 0.4) is 0 Å². The molecule has 57 heavy (non-hydrogen) atoms. The molecule has 0 atom stereocenters. The second-order valence-corrected chi connectivity index (χ2v) is 15.5. The summed E-state index contributed by atoms with van der Waals surface area (Å²) >= 11 is 1.85. The molecular weight excluding hydrogens is 711 g/mol. The van der Waals surface area contributed by atoms with E-state index in [4.69, 9.17) is 4.42 Å². The first-order chi connectivity index (χ1) is 28.2. The van der Waals surface area contributed by atoms with Crippen LogP contribution in [0.2, 0.25) is 0 Å². The van der Waals surface area contributed by atoms with Crippen LogP contribution in [0, 0.1) is 0 Å². The van der Waals surface area contributed by atoms with E-state index in [1.165, 1.54) is 64.5 Å². The zero-order valence-electron chi connectivity index (χ0n) is 31.0. The minimum atomic E-state index is 0.909. The van der Waals surface area contributed by atoms with Gasteiger partial charge in [-0.1, -0.05) is 152 Å². The van der Waals surface area contributed by atoms with E-state index in [1.807, 2.05) is 11.3 Å². The summed E-state index contributed by atoms with van der Waals surface area (Å²) in [5.74, 6) is 0. The van der Waals surface area contributed by atoms with Gasteiger partial charge in [-0.05, 0) is 105 Å². The number of fused-ring (bicyclic) bond motifs is 7. The summed E-state index contributed by atoms with van der Waals surface area (Å²) in [5.41, 5.74) is 14.6. The number of hydrogen-bond donors (Lipinski definition) is 0. The maximum atomic E-state index is 6.50. The van der Waals surface area contributed by atoms with Crippen LogP contribution in [0.1, 0.15) is 0 Å². The molecule has 2 nitrogen and oxygen atoms in total. The molecule has 2 aromatic heterocycles. The van der Waals surface area contributed by atoms with E-state index < -0.39 is 0 Å². The highest BCUT2D eigenvalue weighted by atomic mass is 32.1. The van der Waals surface area contributed by atoms with Crippen LogP contribution in [0.25, 0.3) is 86.6 Å². The van der Waals surface area contributed by atoms with Gasteiger partial charge in [0.1, 0.15) is 11.2 Å². The van der Waals surface area contributed by atoms with Gasteiger partial charge < -0.3 is 9.32 Å². The van der Waals surface area contributed by atoms with E-state index in [2.05, 4.69) is 217 Å². The second kappa shape index (κ2) is 13.8. The van der Waals surface area contributed by atoms with Crippen molar-refractivity contribution in [3.05, 3.63) is 212 Å². The number of benzene rings is 9. The first-order valence-corrected chi connectivity index (χ1v) is 20.1. The Balaban J connectivity index is 0.986. The Kier molecular flexibility index (Phi) is 8.04. The molecule has 0 unspecified atom stereocenters. The van der Waals surface area contributed by atoms with Gasteiger partial charge in [-0.3, -0.25) is 0 Å². The fourth-order valence-electron chi connectivity index (χ4n) is 8.29. The van der Waals surface area contributed by atoms with Crippen molar-refractivity contribution in [1.29, 1.82) is 0 Å². The predicted octanol–water partition coefficient (Wildman–Crippen LogP) is 16.1. The number of thiophene rings is 1. The molecule has 0 radical (unpaired) electrons. The third kappa shape index (κ3) is 5.88.